The van der Waals surface area contributed by atoms with Crippen molar-refractivity contribution in [2.75, 3.05) is 11.5 Å². The Kier molecular flexibility index (Phi) is 5.54. The number of nitrogens with two attached hydrogens (primary N) is 1. The van der Waals surface area contributed by atoms with E-state index in [2.05, 4.69) is 6.92 Å². The van der Waals surface area contributed by atoms with Crippen molar-refractivity contribution in [3.05, 3.63) is 24.0 Å². The van der Waals surface area contributed by atoms with E-state index in [4.69, 9.17) is 5.73 Å². The average molecular weight is 227 g/mol. The summed E-state index contributed by atoms with van der Waals surface area (Å²) in [6.45, 7) is 2.19. The van der Waals surface area contributed by atoms with Gasteiger partial charge in [0, 0.05) is 10.6 Å². The fourth-order valence-electron chi connectivity index (χ4n) is 1.35. The maximum atomic E-state index is 13.3. The van der Waals surface area contributed by atoms with Crippen LogP contribution in [-0.4, -0.2) is 5.75 Å². The zero-order valence-electron chi connectivity index (χ0n) is 9.13. The fraction of sp³-hybridized carbons (Fsp3) is 0.500. The van der Waals surface area contributed by atoms with Gasteiger partial charge in [-0.2, -0.15) is 0 Å². The molecule has 1 aromatic carbocycles. The number of nitrogen functional groups attached to an aromatic ring is 1. The van der Waals surface area contributed by atoms with E-state index in [1.807, 2.05) is 0 Å². The first-order valence-corrected chi connectivity index (χ1v) is 6.40. The highest BCUT2D eigenvalue weighted by Gasteiger charge is 2.02. The molecule has 0 unspecified atom stereocenters. The molecule has 0 amide bonds. The Morgan fingerprint density at radius 1 is 1.27 bits per heavy atom. The molecular formula is C12H18FNS. The zero-order chi connectivity index (χ0) is 11.1. The van der Waals surface area contributed by atoms with Crippen LogP contribution in [0.3, 0.4) is 0 Å². The molecular weight excluding hydrogens is 209 g/mol. The number of rotatable bonds is 6. The van der Waals surface area contributed by atoms with Crippen molar-refractivity contribution in [3.63, 3.8) is 0 Å². The minimum atomic E-state index is -0.199. The Morgan fingerprint density at radius 3 is 2.73 bits per heavy atom. The fourth-order valence-corrected chi connectivity index (χ4v) is 2.27. The van der Waals surface area contributed by atoms with Crippen LogP contribution in [0.1, 0.15) is 32.6 Å². The molecule has 0 fully saturated rings. The summed E-state index contributed by atoms with van der Waals surface area (Å²) >= 11 is 1.58. The molecule has 0 aliphatic rings. The second kappa shape index (κ2) is 6.72. The third-order valence-electron chi connectivity index (χ3n) is 2.21. The molecule has 0 aliphatic heterocycles. The highest BCUT2D eigenvalue weighted by Crippen LogP contribution is 2.24. The van der Waals surface area contributed by atoms with Crippen molar-refractivity contribution >= 4 is 17.4 Å². The van der Waals surface area contributed by atoms with Crippen LogP contribution in [0.2, 0.25) is 0 Å². The monoisotopic (exact) mass is 227 g/mol. The van der Waals surface area contributed by atoms with Gasteiger partial charge in [-0.05, 0) is 30.4 Å². The van der Waals surface area contributed by atoms with Gasteiger partial charge in [-0.1, -0.05) is 26.2 Å². The molecule has 0 radical (unpaired) electrons. The maximum Gasteiger partial charge on any atom is 0.138 e. The summed E-state index contributed by atoms with van der Waals surface area (Å²) in [6, 6.07) is 4.89. The SMILES string of the molecule is CCCCCCSc1ccc(N)cc1F. The van der Waals surface area contributed by atoms with Crippen LogP contribution in [0, 0.1) is 5.82 Å². The van der Waals surface area contributed by atoms with Crippen molar-refractivity contribution in [2.24, 2.45) is 0 Å². The van der Waals surface area contributed by atoms with Gasteiger partial charge in [-0.15, -0.1) is 11.8 Å². The number of hydrogen-bond donors (Lipinski definition) is 1. The van der Waals surface area contributed by atoms with Gasteiger partial charge in [0.15, 0.2) is 0 Å². The number of thioether (sulfide) groups is 1. The predicted molar refractivity (Wildman–Crippen MR) is 65.7 cm³/mol. The second-order valence-corrected chi connectivity index (χ2v) is 4.74. The van der Waals surface area contributed by atoms with Gasteiger partial charge < -0.3 is 5.73 Å². The summed E-state index contributed by atoms with van der Waals surface area (Å²) in [6.07, 6.45) is 4.90. The minimum absolute atomic E-state index is 0.199. The molecule has 1 rings (SSSR count). The maximum absolute atomic E-state index is 13.3. The van der Waals surface area contributed by atoms with Gasteiger partial charge >= 0.3 is 0 Å². The second-order valence-electron chi connectivity index (χ2n) is 3.60. The summed E-state index contributed by atoms with van der Waals surface area (Å²) in [5.41, 5.74) is 5.96. The Bertz CT molecular complexity index is 302. The minimum Gasteiger partial charge on any atom is -0.399 e. The van der Waals surface area contributed by atoms with E-state index in [1.165, 1.54) is 25.3 Å². The van der Waals surface area contributed by atoms with Crippen LogP contribution >= 0.6 is 11.8 Å². The molecule has 0 aliphatic carbocycles. The molecule has 3 heteroatoms. The Labute approximate surface area is 95.2 Å². The smallest absolute Gasteiger partial charge is 0.138 e. The van der Waals surface area contributed by atoms with Crippen LogP contribution in [0.4, 0.5) is 10.1 Å². The normalized spacial score (nSPS) is 10.5. The Morgan fingerprint density at radius 2 is 2.07 bits per heavy atom. The summed E-state index contributed by atoms with van der Waals surface area (Å²) in [4.78, 5) is 0.709. The average Bonchev–Trinajstić information content (AvgIpc) is 2.20. The molecule has 0 heterocycles. The van der Waals surface area contributed by atoms with E-state index < -0.39 is 0 Å². The first-order chi connectivity index (χ1) is 7.24. The van der Waals surface area contributed by atoms with Crippen molar-refractivity contribution in [1.82, 2.24) is 0 Å². The molecule has 0 saturated heterocycles. The first kappa shape index (κ1) is 12.4. The van der Waals surface area contributed by atoms with Crippen molar-refractivity contribution in [1.29, 1.82) is 0 Å². The number of hydrogen-bond acceptors (Lipinski definition) is 2. The quantitative estimate of drug-likeness (QED) is 0.450. The van der Waals surface area contributed by atoms with Gasteiger partial charge in [-0.25, -0.2) is 4.39 Å². The Hall–Kier alpha value is -0.700. The lowest BCUT2D eigenvalue weighted by Gasteiger charge is -2.03. The van der Waals surface area contributed by atoms with E-state index in [0.29, 0.717) is 10.6 Å². The third kappa shape index (κ3) is 4.56. The van der Waals surface area contributed by atoms with Gasteiger partial charge in [0.2, 0.25) is 0 Å². The van der Waals surface area contributed by atoms with E-state index in [-0.39, 0.29) is 5.82 Å². The molecule has 1 nitrogen and oxygen atoms in total. The number of halogens is 1. The van der Waals surface area contributed by atoms with Crippen molar-refractivity contribution in [3.8, 4) is 0 Å². The van der Waals surface area contributed by atoms with E-state index in [1.54, 1.807) is 23.9 Å². The summed E-state index contributed by atoms with van der Waals surface area (Å²) in [7, 11) is 0. The molecule has 15 heavy (non-hydrogen) atoms. The van der Waals surface area contributed by atoms with E-state index >= 15 is 0 Å². The topological polar surface area (TPSA) is 26.0 Å². The van der Waals surface area contributed by atoms with Crippen molar-refractivity contribution in [2.45, 2.75) is 37.5 Å². The summed E-state index contributed by atoms with van der Waals surface area (Å²) in [5, 5.41) is 0. The third-order valence-corrected chi connectivity index (χ3v) is 3.35. The largest absolute Gasteiger partial charge is 0.399 e. The molecule has 0 aromatic heterocycles. The molecule has 84 valence electrons. The van der Waals surface area contributed by atoms with Gasteiger partial charge in [0.1, 0.15) is 5.82 Å². The van der Waals surface area contributed by atoms with E-state index in [9.17, 15) is 4.39 Å². The molecule has 1 aromatic rings. The predicted octanol–water partition coefficient (Wildman–Crippen LogP) is 4.08. The van der Waals surface area contributed by atoms with Crippen molar-refractivity contribution < 1.29 is 4.39 Å². The molecule has 0 spiro atoms. The van der Waals surface area contributed by atoms with Gasteiger partial charge in [0.25, 0.3) is 0 Å². The van der Waals surface area contributed by atoms with Crippen LogP contribution < -0.4 is 5.73 Å². The number of benzene rings is 1. The number of anilines is 1. The lowest BCUT2D eigenvalue weighted by molar-refractivity contribution is 0.602. The Balaban J connectivity index is 2.31. The van der Waals surface area contributed by atoms with Crippen LogP contribution in [0.5, 0.6) is 0 Å². The molecule has 0 bridgehead atoms. The highest BCUT2D eigenvalue weighted by atomic mass is 32.2. The van der Waals surface area contributed by atoms with E-state index in [0.717, 1.165) is 12.2 Å². The van der Waals surface area contributed by atoms with Crippen LogP contribution in [0.25, 0.3) is 0 Å². The number of unbranched alkanes of at least 4 members (excludes halogenated alkanes) is 3. The van der Waals surface area contributed by atoms with Crippen LogP contribution in [0.15, 0.2) is 23.1 Å². The highest BCUT2D eigenvalue weighted by molar-refractivity contribution is 7.99. The van der Waals surface area contributed by atoms with Gasteiger partial charge in [0.05, 0.1) is 0 Å². The van der Waals surface area contributed by atoms with Gasteiger partial charge in [-0.3, -0.25) is 0 Å². The summed E-state index contributed by atoms with van der Waals surface area (Å²) < 4.78 is 13.3. The molecule has 0 saturated carbocycles. The zero-order valence-corrected chi connectivity index (χ0v) is 9.95. The molecule has 0 atom stereocenters. The lowest BCUT2D eigenvalue weighted by Crippen LogP contribution is -1.89. The lowest BCUT2D eigenvalue weighted by atomic mass is 10.2. The standard InChI is InChI=1S/C12H18FNS/c1-2-3-4-5-8-15-12-7-6-10(14)9-11(12)13/h6-7,9H,2-5,8,14H2,1H3. The molecule has 2 N–H and O–H groups in total. The summed E-state index contributed by atoms with van der Waals surface area (Å²) in [5.74, 6) is 0.788. The first-order valence-electron chi connectivity index (χ1n) is 5.42. The van der Waals surface area contributed by atoms with Crippen LogP contribution in [-0.2, 0) is 0 Å².